The normalized spacial score (nSPS) is 14.9. The van der Waals surface area contributed by atoms with E-state index in [0.717, 1.165) is 18.5 Å². The largest absolute Gasteiger partial charge is 0.329 e. The number of anilines is 1. The first-order chi connectivity index (χ1) is 8.65. The van der Waals surface area contributed by atoms with E-state index in [-0.39, 0.29) is 18.3 Å². The van der Waals surface area contributed by atoms with E-state index in [1.165, 1.54) is 24.2 Å². The highest BCUT2D eigenvalue weighted by atomic mass is 35.5. The summed E-state index contributed by atoms with van der Waals surface area (Å²) in [5.41, 5.74) is 6.44. The van der Waals surface area contributed by atoms with Gasteiger partial charge < -0.3 is 11.1 Å². The number of carbonyl (C=O) groups excluding carboxylic acids is 1. The molecule has 0 unspecified atom stereocenters. The van der Waals surface area contributed by atoms with Gasteiger partial charge in [-0.2, -0.15) is 0 Å². The fraction of sp³-hybridized carbons (Fsp3) is 0.692. The summed E-state index contributed by atoms with van der Waals surface area (Å²) in [6.07, 6.45) is 3.97. The Labute approximate surface area is 124 Å². The van der Waals surface area contributed by atoms with E-state index in [1.54, 1.807) is 0 Å². The Hall–Kier alpha value is -0.650. The van der Waals surface area contributed by atoms with Gasteiger partial charge in [-0.05, 0) is 25.7 Å². The Bertz CT molecular complexity index is 419. The second kappa shape index (κ2) is 6.68. The number of thiazole rings is 1. The molecule has 4 nitrogen and oxygen atoms in total. The molecule has 1 amide bonds. The fourth-order valence-electron chi connectivity index (χ4n) is 2.09. The summed E-state index contributed by atoms with van der Waals surface area (Å²) < 4.78 is 0. The van der Waals surface area contributed by atoms with Gasteiger partial charge in [0.2, 0.25) is 5.91 Å². The van der Waals surface area contributed by atoms with E-state index in [1.807, 2.05) is 13.8 Å². The van der Waals surface area contributed by atoms with Crippen LogP contribution in [0, 0.1) is 5.41 Å². The lowest BCUT2D eigenvalue weighted by molar-refractivity contribution is -0.125. The summed E-state index contributed by atoms with van der Waals surface area (Å²) >= 11 is 1.51. The van der Waals surface area contributed by atoms with Crippen molar-refractivity contribution < 1.29 is 4.79 Å². The molecule has 1 saturated carbocycles. The van der Waals surface area contributed by atoms with Crippen LogP contribution >= 0.6 is 23.7 Å². The van der Waals surface area contributed by atoms with Crippen molar-refractivity contribution in [3.8, 4) is 0 Å². The van der Waals surface area contributed by atoms with E-state index in [4.69, 9.17) is 5.73 Å². The topological polar surface area (TPSA) is 68.0 Å². The number of nitrogens with zero attached hydrogens (tertiary/aromatic N) is 1. The minimum absolute atomic E-state index is 0. The third kappa shape index (κ3) is 3.46. The zero-order chi connectivity index (χ0) is 13.2. The van der Waals surface area contributed by atoms with Gasteiger partial charge in [0.1, 0.15) is 0 Å². The van der Waals surface area contributed by atoms with Crippen molar-refractivity contribution in [2.75, 3.05) is 11.9 Å². The van der Waals surface area contributed by atoms with Gasteiger partial charge in [-0.15, -0.1) is 23.7 Å². The summed E-state index contributed by atoms with van der Waals surface area (Å²) in [7, 11) is 0. The van der Waals surface area contributed by atoms with Crippen LogP contribution < -0.4 is 11.1 Å². The quantitative estimate of drug-likeness (QED) is 0.848. The Morgan fingerprint density at radius 2 is 2.16 bits per heavy atom. The zero-order valence-electron chi connectivity index (χ0n) is 11.4. The summed E-state index contributed by atoms with van der Waals surface area (Å²) in [5.74, 6) is 0.634. The molecule has 1 aromatic heterocycles. The Kier molecular flexibility index (Phi) is 5.77. The van der Waals surface area contributed by atoms with Crippen molar-refractivity contribution in [2.45, 2.75) is 45.4 Å². The predicted molar refractivity (Wildman–Crippen MR) is 82.0 cm³/mol. The second-order valence-electron chi connectivity index (χ2n) is 5.00. The lowest BCUT2D eigenvalue weighted by Crippen LogP contribution is -2.41. The number of hydrogen-bond donors (Lipinski definition) is 2. The van der Waals surface area contributed by atoms with Crippen LogP contribution in [0.5, 0.6) is 0 Å². The molecule has 0 aromatic carbocycles. The van der Waals surface area contributed by atoms with Gasteiger partial charge >= 0.3 is 0 Å². The molecule has 6 heteroatoms. The molecule has 2 rings (SSSR count). The maximum Gasteiger partial charge on any atom is 0.233 e. The van der Waals surface area contributed by atoms with Gasteiger partial charge in [-0.25, -0.2) is 4.98 Å². The molecule has 0 spiro atoms. The Morgan fingerprint density at radius 3 is 2.63 bits per heavy atom. The van der Waals surface area contributed by atoms with Crippen molar-refractivity contribution in [1.82, 2.24) is 4.98 Å². The number of rotatable bonds is 6. The first-order valence-electron chi connectivity index (χ1n) is 6.62. The van der Waals surface area contributed by atoms with Crippen molar-refractivity contribution in [3.05, 3.63) is 11.1 Å². The van der Waals surface area contributed by atoms with Gasteiger partial charge in [-0.1, -0.05) is 13.8 Å². The Balaban J connectivity index is 0.00000180. The monoisotopic (exact) mass is 303 g/mol. The van der Waals surface area contributed by atoms with Gasteiger partial charge in [-0.3, -0.25) is 4.79 Å². The van der Waals surface area contributed by atoms with Crippen molar-refractivity contribution in [3.63, 3.8) is 0 Å². The number of halogens is 1. The molecular weight excluding hydrogens is 282 g/mol. The Morgan fingerprint density at radius 1 is 1.53 bits per heavy atom. The number of nitrogens with two attached hydrogens (primary N) is 1. The van der Waals surface area contributed by atoms with Gasteiger partial charge in [0.05, 0.1) is 11.1 Å². The third-order valence-corrected chi connectivity index (χ3v) is 4.74. The average Bonchev–Trinajstić information content (AvgIpc) is 3.13. The molecular formula is C13H22ClN3OS. The van der Waals surface area contributed by atoms with E-state index in [2.05, 4.69) is 15.7 Å². The van der Waals surface area contributed by atoms with E-state index >= 15 is 0 Å². The summed E-state index contributed by atoms with van der Waals surface area (Å²) in [6, 6.07) is 0. The lowest BCUT2D eigenvalue weighted by atomic mass is 9.81. The number of aromatic nitrogens is 1. The number of hydrogen-bond acceptors (Lipinski definition) is 4. The van der Waals surface area contributed by atoms with Gasteiger partial charge in [0.15, 0.2) is 5.13 Å². The minimum atomic E-state index is -0.453. The molecule has 3 N–H and O–H groups in total. The van der Waals surface area contributed by atoms with Crippen molar-refractivity contribution >= 4 is 34.8 Å². The highest BCUT2D eigenvalue weighted by molar-refractivity contribution is 7.13. The molecule has 1 aliphatic carbocycles. The summed E-state index contributed by atoms with van der Waals surface area (Å²) in [4.78, 5) is 16.8. The highest BCUT2D eigenvalue weighted by Gasteiger charge is 2.34. The fourth-order valence-corrected chi connectivity index (χ4v) is 2.88. The molecule has 0 aliphatic heterocycles. The van der Waals surface area contributed by atoms with Crippen LogP contribution in [0.2, 0.25) is 0 Å². The molecule has 0 saturated heterocycles. The molecule has 1 fully saturated rings. The third-order valence-electron chi connectivity index (χ3n) is 3.96. The average molecular weight is 304 g/mol. The van der Waals surface area contributed by atoms with Crippen LogP contribution in [0.1, 0.15) is 51.1 Å². The number of nitrogens with one attached hydrogen (secondary N) is 1. The second-order valence-corrected chi connectivity index (χ2v) is 5.86. The van der Waals surface area contributed by atoms with Crippen molar-refractivity contribution in [1.29, 1.82) is 0 Å². The first-order valence-corrected chi connectivity index (χ1v) is 7.50. The SMILES string of the molecule is CCC(CC)(CN)C(=O)Nc1nc(C2CC2)cs1.Cl. The van der Waals surface area contributed by atoms with Crippen molar-refractivity contribution in [2.24, 2.45) is 11.1 Å². The van der Waals surface area contributed by atoms with E-state index in [9.17, 15) is 4.79 Å². The zero-order valence-corrected chi connectivity index (χ0v) is 13.1. The maximum atomic E-state index is 12.3. The minimum Gasteiger partial charge on any atom is -0.329 e. The first kappa shape index (κ1) is 16.4. The van der Waals surface area contributed by atoms with Crippen LogP contribution in [0.15, 0.2) is 5.38 Å². The van der Waals surface area contributed by atoms with Crippen LogP contribution in [0.4, 0.5) is 5.13 Å². The summed E-state index contributed by atoms with van der Waals surface area (Å²) in [6.45, 7) is 4.40. The van der Waals surface area contributed by atoms with Crippen LogP contribution in [-0.4, -0.2) is 17.4 Å². The number of amides is 1. The smallest absolute Gasteiger partial charge is 0.233 e. The highest BCUT2D eigenvalue weighted by Crippen LogP contribution is 2.41. The molecule has 0 radical (unpaired) electrons. The molecule has 1 aliphatic rings. The molecule has 1 heterocycles. The van der Waals surface area contributed by atoms with Crippen LogP contribution in [-0.2, 0) is 4.79 Å². The molecule has 0 atom stereocenters. The molecule has 0 bridgehead atoms. The molecule has 108 valence electrons. The number of carbonyl (C=O) groups is 1. The molecule has 1 aromatic rings. The lowest BCUT2D eigenvalue weighted by Gasteiger charge is -2.27. The van der Waals surface area contributed by atoms with Crippen LogP contribution in [0.25, 0.3) is 0 Å². The predicted octanol–water partition coefficient (Wildman–Crippen LogP) is 3.15. The van der Waals surface area contributed by atoms with Gasteiger partial charge in [0.25, 0.3) is 0 Å². The standard InChI is InChI=1S/C13H21N3OS.ClH/c1-3-13(4-2,8-14)11(17)16-12-15-10(7-18-12)9-5-6-9;/h7,9H,3-6,8,14H2,1-2H3,(H,15,16,17);1H. The maximum absolute atomic E-state index is 12.3. The van der Waals surface area contributed by atoms with E-state index < -0.39 is 5.41 Å². The molecule has 19 heavy (non-hydrogen) atoms. The summed E-state index contributed by atoms with van der Waals surface area (Å²) in [5, 5.41) is 5.69. The van der Waals surface area contributed by atoms with E-state index in [0.29, 0.717) is 17.6 Å². The van der Waals surface area contributed by atoms with Gasteiger partial charge in [0, 0.05) is 17.8 Å². The van der Waals surface area contributed by atoms with Crippen LogP contribution in [0.3, 0.4) is 0 Å².